The first-order valence-corrected chi connectivity index (χ1v) is 18.2. The molecule has 12 heteroatoms. The predicted molar refractivity (Wildman–Crippen MR) is 188 cm³/mol. The Morgan fingerprint density at radius 2 is 0.940 bits per heavy atom. The van der Waals surface area contributed by atoms with Crippen LogP contribution in [0.3, 0.4) is 0 Å². The van der Waals surface area contributed by atoms with Gasteiger partial charge in [-0.2, -0.15) is 0 Å². The molecule has 2 aliphatic carbocycles. The number of nitrogens with zero attached hydrogens (tertiary/aromatic N) is 2. The Bertz CT molecular complexity index is 1390. The highest BCUT2D eigenvalue weighted by atomic mass is 16.3. The summed E-state index contributed by atoms with van der Waals surface area (Å²) < 4.78 is 0. The quantitative estimate of drug-likeness (QED) is 0.155. The predicted octanol–water partition coefficient (Wildman–Crippen LogP) is -0.399. The summed E-state index contributed by atoms with van der Waals surface area (Å²) in [5.41, 5.74) is 7.10. The second-order valence-corrected chi connectivity index (χ2v) is 14.2. The highest BCUT2D eigenvalue weighted by Crippen LogP contribution is 2.32. The van der Waals surface area contributed by atoms with E-state index < -0.39 is 23.0 Å². The fraction of sp³-hybridized carbons (Fsp3) is 0.632. The fourth-order valence-electron chi connectivity index (χ4n) is 7.47. The highest BCUT2D eigenvalue weighted by molar-refractivity contribution is 6.00. The number of piperazine rings is 2. The van der Waals surface area contributed by atoms with Crippen molar-refractivity contribution in [3.63, 3.8) is 0 Å². The number of aliphatic hydroxyl groups is 2. The topological polar surface area (TPSA) is 191 Å². The van der Waals surface area contributed by atoms with E-state index in [2.05, 4.69) is 34.3 Å². The number of hydrogen-bond donors (Lipinski definition) is 6. The standard InChI is InChI=1S/C38H52N6O6/c39-25-27-1-5-29(6-2-27)33(45)13-15-37(49,35(47)43-21-17-41-18-22-43)31-9-11-32(12-10-31)38(50,36(48)44-23-19-42-20-24-44)16-14-34(46)30-7-3-28(26-40)4-8-30/h9-12,27-30,41-42,49-50H,1-8,17-26,39-40H2. The zero-order valence-electron chi connectivity index (χ0n) is 28.9. The van der Waals surface area contributed by atoms with Gasteiger partial charge >= 0.3 is 0 Å². The Hall–Kier alpha value is -3.62. The van der Waals surface area contributed by atoms with Crippen molar-refractivity contribution < 1.29 is 29.4 Å². The van der Waals surface area contributed by atoms with Crippen molar-refractivity contribution in [1.82, 2.24) is 20.4 Å². The largest absolute Gasteiger partial charge is 0.366 e. The van der Waals surface area contributed by atoms with E-state index in [4.69, 9.17) is 11.5 Å². The maximum Gasteiger partial charge on any atom is 0.272 e. The molecule has 270 valence electrons. The van der Waals surface area contributed by atoms with Gasteiger partial charge in [0.1, 0.15) is 0 Å². The van der Waals surface area contributed by atoms with Crippen molar-refractivity contribution >= 4 is 23.4 Å². The highest BCUT2D eigenvalue weighted by Gasteiger charge is 2.43. The van der Waals surface area contributed by atoms with Gasteiger partial charge in [-0.25, -0.2) is 0 Å². The van der Waals surface area contributed by atoms with Crippen LogP contribution in [0.25, 0.3) is 0 Å². The molecule has 4 aliphatic rings. The van der Waals surface area contributed by atoms with Crippen molar-refractivity contribution in [2.75, 3.05) is 65.4 Å². The molecule has 2 amide bonds. The van der Waals surface area contributed by atoms with E-state index in [1.807, 2.05) is 0 Å². The molecule has 2 unspecified atom stereocenters. The maximum absolute atomic E-state index is 13.9. The van der Waals surface area contributed by atoms with Gasteiger partial charge < -0.3 is 42.1 Å². The van der Waals surface area contributed by atoms with Gasteiger partial charge in [0.05, 0.1) is 0 Å². The summed E-state index contributed by atoms with van der Waals surface area (Å²) in [5.74, 6) is 8.74. The summed E-state index contributed by atoms with van der Waals surface area (Å²) in [4.78, 5) is 57.2. The summed E-state index contributed by atoms with van der Waals surface area (Å²) >= 11 is 0. The number of hydrogen-bond acceptors (Lipinski definition) is 10. The normalized spacial score (nSPS) is 26.6. The van der Waals surface area contributed by atoms with Gasteiger partial charge in [0, 0.05) is 75.3 Å². The molecule has 1 aromatic carbocycles. The zero-order valence-corrected chi connectivity index (χ0v) is 28.9. The second kappa shape index (κ2) is 17.1. The molecule has 2 saturated carbocycles. The molecule has 2 atom stereocenters. The van der Waals surface area contributed by atoms with E-state index in [1.165, 1.54) is 34.1 Å². The average Bonchev–Trinajstić information content (AvgIpc) is 3.18. The molecule has 0 spiro atoms. The van der Waals surface area contributed by atoms with Crippen LogP contribution in [-0.4, -0.2) is 109 Å². The van der Waals surface area contributed by atoms with Gasteiger partial charge in [-0.3, -0.25) is 19.2 Å². The van der Waals surface area contributed by atoms with Crippen LogP contribution >= 0.6 is 0 Å². The molecule has 8 N–H and O–H groups in total. The smallest absolute Gasteiger partial charge is 0.272 e. The van der Waals surface area contributed by atoms with E-state index in [-0.39, 0.29) is 34.5 Å². The minimum atomic E-state index is -2.36. The van der Waals surface area contributed by atoms with Gasteiger partial charge in [-0.1, -0.05) is 24.3 Å². The number of Topliss-reactive ketones (excluding diaryl/α,β-unsaturated/α-hetero) is 2. The molecule has 1 aromatic rings. The summed E-state index contributed by atoms with van der Waals surface area (Å²) in [6.45, 7) is 4.76. The monoisotopic (exact) mass is 688 g/mol. The van der Waals surface area contributed by atoms with Crippen molar-refractivity contribution in [2.45, 2.75) is 62.6 Å². The molecule has 50 heavy (non-hydrogen) atoms. The van der Waals surface area contributed by atoms with Crippen molar-refractivity contribution in [3.8, 4) is 23.7 Å². The molecule has 5 rings (SSSR count). The van der Waals surface area contributed by atoms with Crippen LogP contribution in [0, 0.1) is 47.4 Å². The molecule has 4 fully saturated rings. The van der Waals surface area contributed by atoms with Crippen LogP contribution in [0.1, 0.15) is 62.5 Å². The average molecular weight is 689 g/mol. The third kappa shape index (κ3) is 8.63. The first-order chi connectivity index (χ1) is 24.1. The minimum absolute atomic E-state index is 0.0922. The zero-order chi connectivity index (χ0) is 35.7. The van der Waals surface area contributed by atoms with Crippen molar-refractivity contribution in [2.24, 2.45) is 35.1 Å². The molecule has 2 saturated heterocycles. The fourth-order valence-corrected chi connectivity index (χ4v) is 7.47. The SMILES string of the molecule is NCC1CCC(C(=O)C#CC(O)(C(=O)N2CCNCC2)c2ccc(C(O)(C#CC(=O)C3CCC(CN)CC3)C(=O)N3CCNCC3)cc2)CC1. The molecule has 12 nitrogen and oxygen atoms in total. The Balaban J connectivity index is 1.45. The van der Waals surface area contributed by atoms with E-state index in [0.717, 1.165) is 25.7 Å². The number of carbonyl (C=O) groups is 4. The Kier molecular flexibility index (Phi) is 12.8. The van der Waals surface area contributed by atoms with E-state index >= 15 is 0 Å². The summed E-state index contributed by atoms with van der Waals surface area (Å²) in [6.07, 6.45) is 5.97. The molecule has 2 aliphatic heterocycles. The maximum atomic E-state index is 13.9. The molecule has 2 heterocycles. The van der Waals surface area contributed by atoms with Gasteiger partial charge in [-0.05, 0) is 100.0 Å². The Morgan fingerprint density at radius 1 is 0.620 bits per heavy atom. The van der Waals surface area contributed by atoms with Gasteiger partial charge in [0.2, 0.25) is 22.8 Å². The second-order valence-electron chi connectivity index (χ2n) is 14.2. The van der Waals surface area contributed by atoms with Gasteiger partial charge in [-0.15, -0.1) is 0 Å². The molecule has 0 aromatic heterocycles. The molecular formula is C38H52N6O6. The van der Waals surface area contributed by atoms with Crippen LogP contribution in [0.2, 0.25) is 0 Å². The molecular weight excluding hydrogens is 636 g/mol. The van der Waals surface area contributed by atoms with Gasteiger partial charge in [0.15, 0.2) is 0 Å². The number of carbonyl (C=O) groups excluding carboxylic acids is 4. The number of nitrogens with one attached hydrogen (secondary N) is 2. The first-order valence-electron chi connectivity index (χ1n) is 18.2. The summed E-state index contributed by atoms with van der Waals surface area (Å²) in [6, 6.07) is 5.70. The lowest BCUT2D eigenvalue weighted by Crippen LogP contribution is -2.53. The van der Waals surface area contributed by atoms with Crippen LogP contribution in [0.5, 0.6) is 0 Å². The number of rotatable bonds is 8. The summed E-state index contributed by atoms with van der Waals surface area (Å²) in [7, 11) is 0. The minimum Gasteiger partial charge on any atom is -0.366 e. The first kappa shape index (κ1) is 37.6. The molecule has 0 radical (unpaired) electrons. The lowest BCUT2D eigenvalue weighted by atomic mass is 9.80. The number of nitrogens with two attached hydrogens (primary N) is 2. The molecule has 0 bridgehead atoms. The van der Waals surface area contributed by atoms with Crippen molar-refractivity contribution in [1.29, 1.82) is 0 Å². The summed E-state index contributed by atoms with van der Waals surface area (Å²) in [5, 5.41) is 30.4. The Morgan fingerprint density at radius 3 is 1.24 bits per heavy atom. The van der Waals surface area contributed by atoms with E-state index in [0.29, 0.717) is 103 Å². The third-order valence-corrected chi connectivity index (χ3v) is 11.0. The van der Waals surface area contributed by atoms with E-state index in [9.17, 15) is 29.4 Å². The van der Waals surface area contributed by atoms with Crippen LogP contribution < -0.4 is 22.1 Å². The van der Waals surface area contributed by atoms with Crippen LogP contribution in [0.15, 0.2) is 24.3 Å². The third-order valence-electron chi connectivity index (χ3n) is 11.0. The lowest BCUT2D eigenvalue weighted by molar-refractivity contribution is -0.148. The van der Waals surface area contributed by atoms with Crippen molar-refractivity contribution in [3.05, 3.63) is 35.4 Å². The van der Waals surface area contributed by atoms with Crippen LogP contribution in [0.4, 0.5) is 0 Å². The number of benzene rings is 1. The van der Waals surface area contributed by atoms with E-state index in [1.54, 1.807) is 0 Å². The number of amides is 2. The number of ketones is 2. The van der Waals surface area contributed by atoms with Crippen LogP contribution in [-0.2, 0) is 30.4 Å². The Labute approximate surface area is 295 Å². The lowest BCUT2D eigenvalue weighted by Gasteiger charge is -2.34. The van der Waals surface area contributed by atoms with Gasteiger partial charge in [0.25, 0.3) is 11.8 Å².